The molecule has 1 N–H and O–H groups in total. The summed E-state index contributed by atoms with van der Waals surface area (Å²) in [6, 6.07) is 10.7. The third-order valence-corrected chi connectivity index (χ3v) is 7.23. The number of benzene rings is 1. The fraction of sp³-hybridized carbons (Fsp3) is 0.435. The van der Waals surface area contributed by atoms with Crippen LogP contribution in [-0.4, -0.2) is 47.0 Å². The lowest BCUT2D eigenvalue weighted by Gasteiger charge is -2.26. The van der Waals surface area contributed by atoms with Crippen molar-refractivity contribution in [3.8, 4) is 0 Å². The molecule has 2 saturated heterocycles. The zero-order valence-electron chi connectivity index (χ0n) is 17.5. The number of aromatic nitrogens is 2. The van der Waals surface area contributed by atoms with Crippen LogP contribution in [0, 0.1) is 12.3 Å². The van der Waals surface area contributed by atoms with Gasteiger partial charge in [0.2, 0.25) is 5.91 Å². The Balaban J connectivity index is 1.28. The zero-order valence-corrected chi connectivity index (χ0v) is 18.3. The normalized spacial score (nSPS) is 21.7. The van der Waals surface area contributed by atoms with E-state index in [2.05, 4.69) is 57.4 Å². The van der Waals surface area contributed by atoms with E-state index in [1.165, 1.54) is 35.7 Å². The van der Waals surface area contributed by atoms with Gasteiger partial charge in [0.25, 0.3) is 0 Å². The van der Waals surface area contributed by atoms with E-state index in [1.54, 1.807) is 11.3 Å². The van der Waals surface area contributed by atoms with Gasteiger partial charge in [0.1, 0.15) is 0 Å². The maximum Gasteiger partial charge on any atom is 0.223 e. The number of carbonyl (C=O) groups is 1. The van der Waals surface area contributed by atoms with Crippen LogP contribution in [0.5, 0.6) is 0 Å². The lowest BCUT2D eigenvalue weighted by molar-refractivity contribution is -0.114. The molecule has 2 aliphatic heterocycles. The van der Waals surface area contributed by atoms with Crippen molar-refractivity contribution in [2.24, 2.45) is 5.41 Å². The second-order valence-electron chi connectivity index (χ2n) is 8.75. The number of amides is 1. The van der Waals surface area contributed by atoms with E-state index >= 15 is 0 Å². The van der Waals surface area contributed by atoms with Gasteiger partial charge in [0, 0.05) is 66.4 Å². The van der Waals surface area contributed by atoms with Crippen LogP contribution < -0.4 is 10.2 Å². The summed E-state index contributed by atoms with van der Waals surface area (Å²) >= 11 is 1.58. The molecule has 30 heavy (non-hydrogen) atoms. The third kappa shape index (κ3) is 3.79. The third-order valence-electron chi connectivity index (χ3n) is 6.33. The largest absolute Gasteiger partial charge is 0.370 e. The number of anilines is 2. The Morgan fingerprint density at radius 1 is 1.23 bits per heavy atom. The molecule has 2 aliphatic rings. The number of carbonyl (C=O) groups excluding carboxylic acids is 1. The fourth-order valence-corrected chi connectivity index (χ4v) is 5.89. The molecule has 0 radical (unpaired) electrons. The van der Waals surface area contributed by atoms with E-state index in [1.807, 2.05) is 6.20 Å². The van der Waals surface area contributed by atoms with E-state index in [9.17, 15) is 4.79 Å². The summed E-state index contributed by atoms with van der Waals surface area (Å²) in [5.74, 6) is -0.0686. The molecule has 1 spiro atoms. The summed E-state index contributed by atoms with van der Waals surface area (Å²) in [6.45, 7) is 8.98. The number of thiazole rings is 1. The quantitative estimate of drug-likeness (QED) is 0.688. The molecular weight excluding hydrogens is 394 g/mol. The van der Waals surface area contributed by atoms with Crippen molar-refractivity contribution in [2.75, 3.05) is 36.4 Å². The van der Waals surface area contributed by atoms with Gasteiger partial charge in [0.05, 0.1) is 5.52 Å². The number of pyridine rings is 1. The first-order chi connectivity index (χ1) is 14.5. The van der Waals surface area contributed by atoms with Gasteiger partial charge in [-0.05, 0) is 38.4 Å². The maximum atomic E-state index is 11.2. The lowest BCUT2D eigenvalue weighted by atomic mass is 9.86. The second-order valence-corrected chi connectivity index (χ2v) is 9.86. The van der Waals surface area contributed by atoms with Crippen molar-refractivity contribution in [3.05, 3.63) is 47.1 Å². The van der Waals surface area contributed by atoms with Gasteiger partial charge in [-0.25, -0.2) is 4.98 Å². The number of hydrogen-bond acceptors (Lipinski definition) is 6. The minimum atomic E-state index is -0.0686. The van der Waals surface area contributed by atoms with E-state index < -0.39 is 0 Å². The number of fused-ring (bicyclic) bond motifs is 1. The average Bonchev–Trinajstić information content (AvgIpc) is 3.43. The molecule has 2 aromatic heterocycles. The molecule has 1 aromatic carbocycles. The Kier molecular flexibility index (Phi) is 4.95. The highest BCUT2D eigenvalue weighted by atomic mass is 32.1. The lowest BCUT2D eigenvalue weighted by Crippen LogP contribution is -2.30. The van der Waals surface area contributed by atoms with Crippen LogP contribution in [0.1, 0.15) is 30.3 Å². The van der Waals surface area contributed by atoms with Crippen LogP contribution in [0.3, 0.4) is 0 Å². The highest BCUT2D eigenvalue weighted by Crippen LogP contribution is 2.43. The van der Waals surface area contributed by atoms with Gasteiger partial charge in [0.15, 0.2) is 5.13 Å². The summed E-state index contributed by atoms with van der Waals surface area (Å²) in [6.07, 6.45) is 4.37. The SMILES string of the molecule is CC(=O)Nc1ncc(CN2CCC3(CCN(c4cc(C)nc5ccccc45)C3)C2)s1. The van der Waals surface area contributed by atoms with Crippen LogP contribution in [0.15, 0.2) is 36.5 Å². The molecule has 1 amide bonds. The monoisotopic (exact) mass is 421 g/mol. The van der Waals surface area contributed by atoms with Crippen molar-refractivity contribution in [2.45, 2.75) is 33.2 Å². The highest BCUT2D eigenvalue weighted by molar-refractivity contribution is 7.15. The fourth-order valence-electron chi connectivity index (χ4n) is 4.99. The Morgan fingerprint density at radius 3 is 2.93 bits per heavy atom. The van der Waals surface area contributed by atoms with Crippen LogP contribution in [0.25, 0.3) is 10.9 Å². The molecule has 1 unspecified atom stereocenters. The maximum absolute atomic E-state index is 11.2. The number of para-hydroxylation sites is 1. The molecule has 156 valence electrons. The number of nitrogens with zero attached hydrogens (tertiary/aromatic N) is 4. The first kappa shape index (κ1) is 19.5. The summed E-state index contributed by atoms with van der Waals surface area (Å²) in [7, 11) is 0. The van der Waals surface area contributed by atoms with Crippen LogP contribution in [0.4, 0.5) is 10.8 Å². The molecule has 7 heteroatoms. The number of nitrogens with one attached hydrogen (secondary N) is 1. The van der Waals surface area contributed by atoms with Crippen LogP contribution >= 0.6 is 11.3 Å². The Bertz CT molecular complexity index is 1100. The van der Waals surface area contributed by atoms with Crippen LogP contribution in [0.2, 0.25) is 0 Å². The molecule has 2 fully saturated rings. The second kappa shape index (κ2) is 7.63. The minimum absolute atomic E-state index is 0.0686. The standard InChI is InChI=1S/C23H27N5OS/c1-16-11-21(19-5-3-4-6-20(19)25-16)28-10-8-23(15-28)7-9-27(14-23)13-18-12-24-22(30-18)26-17(2)29/h3-6,11-12H,7-10,13-15H2,1-2H3,(H,24,26,29). The zero-order chi connectivity index (χ0) is 20.7. The van der Waals surface area contributed by atoms with E-state index in [0.717, 1.165) is 43.9 Å². The van der Waals surface area contributed by atoms with Gasteiger partial charge < -0.3 is 10.2 Å². The topological polar surface area (TPSA) is 61.4 Å². The molecule has 0 bridgehead atoms. The van der Waals surface area contributed by atoms with E-state index in [0.29, 0.717) is 10.5 Å². The van der Waals surface area contributed by atoms with Gasteiger partial charge in [-0.2, -0.15) is 0 Å². The Hall–Kier alpha value is -2.51. The van der Waals surface area contributed by atoms with Gasteiger partial charge in [-0.1, -0.05) is 18.2 Å². The predicted molar refractivity (Wildman–Crippen MR) is 122 cm³/mol. The van der Waals surface area contributed by atoms with Crippen LogP contribution in [-0.2, 0) is 11.3 Å². The van der Waals surface area contributed by atoms with Crippen molar-refractivity contribution in [1.82, 2.24) is 14.9 Å². The smallest absolute Gasteiger partial charge is 0.223 e. The van der Waals surface area contributed by atoms with Gasteiger partial charge >= 0.3 is 0 Å². The summed E-state index contributed by atoms with van der Waals surface area (Å²) < 4.78 is 0. The van der Waals surface area contributed by atoms with Crippen molar-refractivity contribution in [1.29, 1.82) is 0 Å². The Morgan fingerprint density at radius 2 is 2.07 bits per heavy atom. The van der Waals surface area contributed by atoms with Gasteiger partial charge in [-0.15, -0.1) is 11.3 Å². The molecule has 5 rings (SSSR count). The van der Waals surface area contributed by atoms with Crippen molar-refractivity contribution >= 4 is 39.0 Å². The molecular formula is C23H27N5OS. The molecule has 3 aromatic rings. The minimum Gasteiger partial charge on any atom is -0.370 e. The van der Waals surface area contributed by atoms with Gasteiger partial charge in [-0.3, -0.25) is 14.7 Å². The molecule has 4 heterocycles. The first-order valence-electron chi connectivity index (χ1n) is 10.6. The van der Waals surface area contributed by atoms with Crippen molar-refractivity contribution in [3.63, 3.8) is 0 Å². The summed E-state index contributed by atoms with van der Waals surface area (Å²) in [5.41, 5.74) is 3.86. The molecule has 1 atom stereocenters. The molecule has 6 nitrogen and oxygen atoms in total. The van der Waals surface area contributed by atoms with Crippen molar-refractivity contribution < 1.29 is 4.79 Å². The van der Waals surface area contributed by atoms with E-state index in [-0.39, 0.29) is 5.91 Å². The molecule has 0 saturated carbocycles. The number of aryl methyl sites for hydroxylation is 1. The summed E-state index contributed by atoms with van der Waals surface area (Å²) in [4.78, 5) is 26.6. The Labute approximate surface area is 180 Å². The highest BCUT2D eigenvalue weighted by Gasteiger charge is 2.43. The average molecular weight is 422 g/mol. The summed E-state index contributed by atoms with van der Waals surface area (Å²) in [5, 5.41) is 4.73. The van der Waals surface area contributed by atoms with E-state index in [4.69, 9.17) is 4.98 Å². The first-order valence-corrected chi connectivity index (χ1v) is 11.4. The number of hydrogen-bond donors (Lipinski definition) is 1. The predicted octanol–water partition coefficient (Wildman–Crippen LogP) is 4.06. The number of rotatable bonds is 4. The molecule has 0 aliphatic carbocycles. The number of likely N-dealkylation sites (tertiary alicyclic amines) is 1.